The number of benzene rings is 2. The van der Waals surface area contributed by atoms with Gasteiger partial charge in [0.15, 0.2) is 0 Å². The topological polar surface area (TPSA) is 97.7 Å². The molecule has 192 valence electrons. The van der Waals surface area contributed by atoms with Crippen molar-refractivity contribution in [3.05, 3.63) is 59.7 Å². The van der Waals surface area contributed by atoms with E-state index in [1.807, 2.05) is 48.5 Å². The number of β-amino-alcohol motifs (C(OH)–C–C–N with tert-alkyl or cyclic N) is 2. The van der Waals surface area contributed by atoms with Gasteiger partial charge in [0, 0.05) is 17.9 Å². The van der Waals surface area contributed by atoms with Crippen LogP contribution in [0.15, 0.2) is 48.5 Å². The minimum Gasteiger partial charge on any atom is -0.496 e. The molecule has 3 rings (SSSR count). The maximum Gasteiger partial charge on any atom is 0.410 e. The lowest BCUT2D eigenvalue weighted by atomic mass is 9.85. The summed E-state index contributed by atoms with van der Waals surface area (Å²) in [6, 6.07) is 15.1. The number of aliphatic hydroxyl groups is 2. The minimum atomic E-state index is -0.904. The fourth-order valence-electron chi connectivity index (χ4n) is 4.07. The molecule has 8 nitrogen and oxygen atoms in total. The number of para-hydroxylation sites is 1. The fourth-order valence-corrected chi connectivity index (χ4v) is 4.07. The van der Waals surface area contributed by atoms with Crippen LogP contribution in [0.25, 0.3) is 0 Å². The molecule has 1 unspecified atom stereocenters. The molecule has 1 fully saturated rings. The van der Waals surface area contributed by atoms with Gasteiger partial charge in [-0.15, -0.1) is 0 Å². The first kappa shape index (κ1) is 26.8. The van der Waals surface area contributed by atoms with Gasteiger partial charge in [-0.05, 0) is 44.5 Å². The van der Waals surface area contributed by atoms with E-state index < -0.39 is 29.8 Å². The molecule has 3 atom stereocenters. The first-order chi connectivity index (χ1) is 16.7. The van der Waals surface area contributed by atoms with E-state index >= 15 is 0 Å². The Morgan fingerprint density at radius 1 is 1.00 bits per heavy atom. The molecule has 2 N–H and O–H groups in total. The molecule has 0 aromatic heterocycles. The summed E-state index contributed by atoms with van der Waals surface area (Å²) in [6.07, 6.45) is -1.61. The molecule has 0 spiro atoms. The van der Waals surface area contributed by atoms with Gasteiger partial charge in [0.25, 0.3) is 0 Å². The van der Waals surface area contributed by atoms with Crippen LogP contribution in [0.1, 0.15) is 44.2 Å². The van der Waals surface area contributed by atoms with Crippen LogP contribution in [0.4, 0.5) is 4.79 Å². The summed E-state index contributed by atoms with van der Waals surface area (Å²) in [5.74, 6) is 1.02. The van der Waals surface area contributed by atoms with Gasteiger partial charge in [0.2, 0.25) is 0 Å². The highest BCUT2D eigenvalue weighted by Crippen LogP contribution is 2.31. The van der Waals surface area contributed by atoms with E-state index in [0.717, 1.165) is 23.3 Å². The summed E-state index contributed by atoms with van der Waals surface area (Å²) in [5, 5.41) is 21.3. The van der Waals surface area contributed by atoms with Crippen LogP contribution in [-0.2, 0) is 16.1 Å². The molecular weight excluding hydrogens is 450 g/mol. The Labute approximate surface area is 207 Å². The largest absolute Gasteiger partial charge is 0.496 e. The van der Waals surface area contributed by atoms with Crippen molar-refractivity contribution >= 4 is 6.09 Å². The van der Waals surface area contributed by atoms with Gasteiger partial charge in [-0.3, -0.25) is 0 Å². The van der Waals surface area contributed by atoms with Gasteiger partial charge in [-0.1, -0.05) is 30.3 Å². The zero-order valence-electron chi connectivity index (χ0n) is 21.0. The van der Waals surface area contributed by atoms with Gasteiger partial charge in [0.05, 0.1) is 52.2 Å². The van der Waals surface area contributed by atoms with Crippen LogP contribution in [-0.4, -0.2) is 72.4 Å². The molecule has 8 heteroatoms. The zero-order valence-corrected chi connectivity index (χ0v) is 21.0. The van der Waals surface area contributed by atoms with Crippen molar-refractivity contribution in [1.82, 2.24) is 4.90 Å². The van der Waals surface area contributed by atoms with Gasteiger partial charge in [-0.2, -0.15) is 0 Å². The summed E-state index contributed by atoms with van der Waals surface area (Å²) >= 11 is 0. The molecule has 1 amide bonds. The highest BCUT2D eigenvalue weighted by atomic mass is 16.6. The molecule has 1 heterocycles. The number of amides is 1. The van der Waals surface area contributed by atoms with Gasteiger partial charge in [0.1, 0.15) is 17.1 Å². The SMILES string of the molecule is COc1ccccc1COCCCOc1ccc(C2[C@H](O)CN(C(=O)OC(C)(C)C)C[C@@H]2O)cc1. The Kier molecular flexibility index (Phi) is 9.37. The first-order valence-electron chi connectivity index (χ1n) is 11.9. The first-order valence-corrected chi connectivity index (χ1v) is 11.9. The average molecular weight is 488 g/mol. The molecule has 1 saturated heterocycles. The number of hydrogen-bond acceptors (Lipinski definition) is 7. The molecule has 0 bridgehead atoms. The van der Waals surface area contributed by atoms with E-state index in [1.165, 1.54) is 4.90 Å². The predicted molar refractivity (Wildman–Crippen MR) is 132 cm³/mol. The van der Waals surface area contributed by atoms with E-state index in [-0.39, 0.29) is 13.1 Å². The minimum absolute atomic E-state index is 0.101. The van der Waals surface area contributed by atoms with Gasteiger partial charge >= 0.3 is 6.09 Å². The van der Waals surface area contributed by atoms with Crippen molar-refractivity contribution in [2.75, 3.05) is 33.4 Å². The van der Waals surface area contributed by atoms with Crippen molar-refractivity contribution in [2.45, 2.75) is 57.5 Å². The Balaban J connectivity index is 1.43. The quantitative estimate of drug-likeness (QED) is 0.520. The van der Waals surface area contributed by atoms with Crippen molar-refractivity contribution < 1.29 is 34.0 Å². The normalized spacial score (nSPS) is 20.4. The van der Waals surface area contributed by atoms with Crippen molar-refractivity contribution in [3.8, 4) is 11.5 Å². The second-order valence-electron chi connectivity index (χ2n) is 9.68. The molecule has 0 aliphatic carbocycles. The van der Waals surface area contributed by atoms with Crippen LogP contribution >= 0.6 is 0 Å². The summed E-state index contributed by atoms with van der Waals surface area (Å²) in [5.41, 5.74) is 1.16. The predicted octanol–water partition coefficient (Wildman–Crippen LogP) is 3.74. The second-order valence-corrected chi connectivity index (χ2v) is 9.68. The summed E-state index contributed by atoms with van der Waals surface area (Å²) in [4.78, 5) is 13.7. The van der Waals surface area contributed by atoms with E-state index in [9.17, 15) is 15.0 Å². The number of carbonyl (C=O) groups excluding carboxylic acids is 1. The molecular formula is C27H37NO7. The number of methoxy groups -OCH3 is 1. The monoisotopic (exact) mass is 487 g/mol. The Morgan fingerprint density at radius 3 is 2.29 bits per heavy atom. The third-order valence-electron chi connectivity index (χ3n) is 5.71. The highest BCUT2D eigenvalue weighted by Gasteiger charge is 2.39. The second kappa shape index (κ2) is 12.2. The summed E-state index contributed by atoms with van der Waals surface area (Å²) in [7, 11) is 1.65. The lowest BCUT2D eigenvalue weighted by molar-refractivity contribution is -0.0429. The van der Waals surface area contributed by atoms with Crippen molar-refractivity contribution in [2.24, 2.45) is 0 Å². The molecule has 0 radical (unpaired) electrons. The highest BCUT2D eigenvalue weighted by molar-refractivity contribution is 5.68. The Bertz CT molecular complexity index is 929. The number of rotatable bonds is 9. The van der Waals surface area contributed by atoms with E-state index in [2.05, 4.69) is 0 Å². The van der Waals surface area contributed by atoms with E-state index in [0.29, 0.717) is 25.6 Å². The van der Waals surface area contributed by atoms with Crippen LogP contribution in [0.3, 0.4) is 0 Å². The molecule has 1 aliphatic rings. The number of ether oxygens (including phenoxy) is 4. The molecule has 0 saturated carbocycles. The number of nitrogens with zero attached hydrogens (tertiary/aromatic N) is 1. The van der Waals surface area contributed by atoms with Crippen LogP contribution < -0.4 is 9.47 Å². The number of carbonyl (C=O) groups is 1. The molecule has 35 heavy (non-hydrogen) atoms. The number of aliphatic hydroxyl groups excluding tert-OH is 2. The maximum absolute atomic E-state index is 12.3. The maximum atomic E-state index is 12.3. The van der Waals surface area contributed by atoms with Crippen LogP contribution in [0.2, 0.25) is 0 Å². The molecule has 2 aromatic carbocycles. The smallest absolute Gasteiger partial charge is 0.410 e. The number of likely N-dealkylation sites (tertiary alicyclic amines) is 1. The Morgan fingerprint density at radius 2 is 1.66 bits per heavy atom. The third-order valence-corrected chi connectivity index (χ3v) is 5.71. The average Bonchev–Trinajstić information content (AvgIpc) is 2.81. The van der Waals surface area contributed by atoms with Crippen molar-refractivity contribution in [3.63, 3.8) is 0 Å². The lowest BCUT2D eigenvalue weighted by Crippen LogP contribution is -2.53. The molecule has 2 aromatic rings. The van der Waals surface area contributed by atoms with Crippen LogP contribution in [0.5, 0.6) is 11.5 Å². The lowest BCUT2D eigenvalue weighted by Gasteiger charge is -2.40. The third kappa shape index (κ3) is 7.85. The molecule has 1 aliphatic heterocycles. The summed E-state index contributed by atoms with van der Waals surface area (Å²) < 4.78 is 22.2. The fraction of sp³-hybridized carbons (Fsp3) is 0.519. The summed E-state index contributed by atoms with van der Waals surface area (Å²) in [6.45, 7) is 7.09. The number of hydrogen-bond donors (Lipinski definition) is 2. The zero-order chi connectivity index (χ0) is 25.4. The van der Waals surface area contributed by atoms with Gasteiger partial charge < -0.3 is 34.1 Å². The van der Waals surface area contributed by atoms with Gasteiger partial charge in [-0.25, -0.2) is 4.79 Å². The number of piperidine rings is 1. The van der Waals surface area contributed by atoms with Crippen molar-refractivity contribution in [1.29, 1.82) is 0 Å². The van der Waals surface area contributed by atoms with E-state index in [4.69, 9.17) is 18.9 Å². The van der Waals surface area contributed by atoms with Crippen LogP contribution in [0, 0.1) is 0 Å². The van der Waals surface area contributed by atoms with E-state index in [1.54, 1.807) is 27.9 Å². The Hall–Kier alpha value is -2.81. The standard InChI is InChI=1S/C27H37NO7/c1-27(2,3)35-26(31)28-16-22(29)25(23(30)17-28)19-10-12-21(13-11-19)34-15-7-14-33-18-20-8-5-6-9-24(20)32-4/h5-6,8-13,22-23,25,29-30H,7,14-18H2,1-4H3/t22-,23+,25?.